The second kappa shape index (κ2) is 4.86. The number of nitrogens with zero attached hydrogens (tertiary/aromatic N) is 2. The van der Waals surface area contributed by atoms with Gasteiger partial charge in [0.25, 0.3) is 0 Å². The van der Waals surface area contributed by atoms with Gasteiger partial charge in [0, 0.05) is 34.9 Å². The number of piperidine rings is 1. The van der Waals surface area contributed by atoms with Gasteiger partial charge in [-0.15, -0.1) is 11.3 Å². The first-order chi connectivity index (χ1) is 8.77. The van der Waals surface area contributed by atoms with Crippen LogP contribution >= 0.6 is 11.3 Å². The van der Waals surface area contributed by atoms with E-state index in [9.17, 15) is 0 Å². The standard InChI is InChI=1S/C14H19N3S/c1-10(15)12-4-2-3-8-17(12)14-11-6-9-18-13(11)5-7-16-14/h5-7,9-10,12H,2-4,8,15H2,1H3. The SMILES string of the molecule is CC(N)C1CCCCN1c1nccc2sccc12. The monoisotopic (exact) mass is 261 g/mol. The predicted octanol–water partition coefficient (Wildman–Crippen LogP) is 3.00. The first-order valence-corrected chi connectivity index (χ1v) is 7.50. The molecule has 2 aromatic heterocycles. The van der Waals surface area contributed by atoms with Crippen molar-refractivity contribution < 1.29 is 0 Å². The van der Waals surface area contributed by atoms with Crippen molar-refractivity contribution in [2.45, 2.75) is 38.3 Å². The van der Waals surface area contributed by atoms with Crippen molar-refractivity contribution in [1.82, 2.24) is 4.98 Å². The maximum Gasteiger partial charge on any atom is 0.137 e. The van der Waals surface area contributed by atoms with Crippen molar-refractivity contribution in [2.24, 2.45) is 5.73 Å². The van der Waals surface area contributed by atoms with Crippen LogP contribution in [0.5, 0.6) is 0 Å². The topological polar surface area (TPSA) is 42.1 Å². The molecular weight excluding hydrogens is 242 g/mol. The van der Waals surface area contributed by atoms with Crippen LogP contribution in [0, 0.1) is 0 Å². The van der Waals surface area contributed by atoms with Gasteiger partial charge >= 0.3 is 0 Å². The van der Waals surface area contributed by atoms with E-state index < -0.39 is 0 Å². The zero-order valence-corrected chi connectivity index (χ0v) is 11.5. The van der Waals surface area contributed by atoms with Gasteiger partial charge in [0.05, 0.1) is 0 Å². The molecule has 1 aliphatic rings. The Labute approximate surface area is 112 Å². The largest absolute Gasteiger partial charge is 0.352 e. The van der Waals surface area contributed by atoms with E-state index in [4.69, 9.17) is 5.73 Å². The Kier molecular flexibility index (Phi) is 3.22. The number of hydrogen-bond donors (Lipinski definition) is 1. The van der Waals surface area contributed by atoms with Gasteiger partial charge in [-0.25, -0.2) is 4.98 Å². The quantitative estimate of drug-likeness (QED) is 0.903. The normalized spacial score (nSPS) is 22.3. The maximum absolute atomic E-state index is 6.15. The van der Waals surface area contributed by atoms with Crippen molar-refractivity contribution in [3.05, 3.63) is 23.7 Å². The van der Waals surface area contributed by atoms with E-state index in [0.717, 1.165) is 12.4 Å². The van der Waals surface area contributed by atoms with Gasteiger partial charge in [-0.2, -0.15) is 0 Å². The van der Waals surface area contributed by atoms with E-state index in [2.05, 4.69) is 34.3 Å². The number of aromatic nitrogens is 1. The van der Waals surface area contributed by atoms with E-state index in [-0.39, 0.29) is 6.04 Å². The Morgan fingerprint density at radius 3 is 3.17 bits per heavy atom. The first-order valence-electron chi connectivity index (χ1n) is 6.62. The number of pyridine rings is 1. The Morgan fingerprint density at radius 2 is 2.33 bits per heavy atom. The smallest absolute Gasteiger partial charge is 0.137 e. The van der Waals surface area contributed by atoms with E-state index in [1.807, 2.05) is 6.20 Å². The van der Waals surface area contributed by atoms with Gasteiger partial charge in [-0.1, -0.05) is 0 Å². The summed E-state index contributed by atoms with van der Waals surface area (Å²) < 4.78 is 1.31. The molecule has 3 nitrogen and oxygen atoms in total. The molecular formula is C14H19N3S. The summed E-state index contributed by atoms with van der Waals surface area (Å²) in [7, 11) is 0. The summed E-state index contributed by atoms with van der Waals surface area (Å²) in [6.45, 7) is 3.19. The summed E-state index contributed by atoms with van der Waals surface area (Å²) in [5.41, 5.74) is 6.15. The Balaban J connectivity index is 2.03. The van der Waals surface area contributed by atoms with Gasteiger partial charge in [0.2, 0.25) is 0 Å². The second-order valence-electron chi connectivity index (χ2n) is 5.08. The number of nitrogens with two attached hydrogens (primary N) is 1. The maximum atomic E-state index is 6.15. The number of anilines is 1. The van der Waals surface area contributed by atoms with E-state index in [0.29, 0.717) is 6.04 Å². The van der Waals surface area contributed by atoms with Crippen LogP contribution < -0.4 is 10.6 Å². The van der Waals surface area contributed by atoms with Crippen LogP contribution in [0.1, 0.15) is 26.2 Å². The molecule has 0 saturated carbocycles. The zero-order chi connectivity index (χ0) is 12.5. The van der Waals surface area contributed by atoms with Crippen LogP contribution in [-0.2, 0) is 0 Å². The summed E-state index contributed by atoms with van der Waals surface area (Å²) in [6.07, 6.45) is 5.62. The third-order valence-electron chi connectivity index (χ3n) is 3.79. The summed E-state index contributed by atoms with van der Waals surface area (Å²) in [4.78, 5) is 7.03. The van der Waals surface area contributed by atoms with Crippen molar-refractivity contribution in [3.63, 3.8) is 0 Å². The van der Waals surface area contributed by atoms with E-state index in [1.54, 1.807) is 11.3 Å². The third kappa shape index (κ3) is 1.99. The van der Waals surface area contributed by atoms with Gasteiger partial charge < -0.3 is 10.6 Å². The van der Waals surface area contributed by atoms with Crippen molar-refractivity contribution in [3.8, 4) is 0 Å². The Hall–Kier alpha value is -1.13. The molecule has 2 aromatic rings. The molecule has 0 amide bonds. The van der Waals surface area contributed by atoms with Crippen LogP contribution in [0.2, 0.25) is 0 Å². The molecule has 1 saturated heterocycles. The molecule has 1 fully saturated rings. The summed E-state index contributed by atoms with van der Waals surface area (Å²) in [6, 6.07) is 4.89. The molecule has 2 atom stereocenters. The van der Waals surface area contributed by atoms with Gasteiger partial charge in [-0.3, -0.25) is 0 Å². The fraction of sp³-hybridized carbons (Fsp3) is 0.500. The average Bonchev–Trinajstić information content (AvgIpc) is 2.86. The van der Waals surface area contributed by atoms with Crippen molar-refractivity contribution in [2.75, 3.05) is 11.4 Å². The summed E-state index contributed by atoms with van der Waals surface area (Å²) in [5.74, 6) is 1.12. The first kappa shape index (κ1) is 11.9. The number of hydrogen-bond acceptors (Lipinski definition) is 4. The molecule has 4 heteroatoms. The Bertz CT molecular complexity index is 535. The number of rotatable bonds is 2. The summed E-state index contributed by atoms with van der Waals surface area (Å²) >= 11 is 1.78. The highest BCUT2D eigenvalue weighted by atomic mass is 32.1. The minimum absolute atomic E-state index is 0.195. The molecule has 0 aromatic carbocycles. The van der Waals surface area contributed by atoms with Gasteiger partial charge in [-0.05, 0) is 43.7 Å². The molecule has 3 heterocycles. The lowest BCUT2D eigenvalue weighted by atomic mass is 9.96. The number of thiophene rings is 1. The molecule has 0 radical (unpaired) electrons. The molecule has 0 aliphatic carbocycles. The minimum atomic E-state index is 0.195. The molecule has 18 heavy (non-hydrogen) atoms. The van der Waals surface area contributed by atoms with Gasteiger partial charge in [0.1, 0.15) is 5.82 Å². The fourth-order valence-corrected chi connectivity index (χ4v) is 3.65. The molecule has 2 unspecified atom stereocenters. The van der Waals surface area contributed by atoms with Crippen LogP contribution in [-0.4, -0.2) is 23.6 Å². The molecule has 0 bridgehead atoms. The lowest BCUT2D eigenvalue weighted by Gasteiger charge is -2.39. The van der Waals surface area contributed by atoms with Crippen molar-refractivity contribution in [1.29, 1.82) is 0 Å². The lowest BCUT2D eigenvalue weighted by molar-refractivity contribution is 0.412. The highest BCUT2D eigenvalue weighted by Crippen LogP contribution is 2.32. The lowest BCUT2D eigenvalue weighted by Crippen LogP contribution is -2.49. The molecule has 96 valence electrons. The highest BCUT2D eigenvalue weighted by molar-refractivity contribution is 7.17. The Morgan fingerprint density at radius 1 is 1.44 bits per heavy atom. The minimum Gasteiger partial charge on any atom is -0.352 e. The average molecular weight is 261 g/mol. The van der Waals surface area contributed by atoms with Crippen LogP contribution in [0.15, 0.2) is 23.7 Å². The molecule has 0 spiro atoms. The van der Waals surface area contributed by atoms with Crippen LogP contribution in [0.4, 0.5) is 5.82 Å². The van der Waals surface area contributed by atoms with E-state index in [1.165, 1.54) is 29.3 Å². The van der Waals surface area contributed by atoms with E-state index >= 15 is 0 Å². The zero-order valence-electron chi connectivity index (χ0n) is 10.7. The second-order valence-corrected chi connectivity index (χ2v) is 6.03. The van der Waals surface area contributed by atoms with Crippen LogP contribution in [0.3, 0.4) is 0 Å². The van der Waals surface area contributed by atoms with Gasteiger partial charge in [0.15, 0.2) is 0 Å². The highest BCUT2D eigenvalue weighted by Gasteiger charge is 2.27. The third-order valence-corrected chi connectivity index (χ3v) is 4.67. The number of fused-ring (bicyclic) bond motifs is 1. The molecule has 3 rings (SSSR count). The molecule has 1 aliphatic heterocycles. The summed E-state index contributed by atoms with van der Waals surface area (Å²) in [5, 5.41) is 3.41. The fourth-order valence-electron chi connectivity index (χ4n) is 2.88. The van der Waals surface area contributed by atoms with Crippen molar-refractivity contribution >= 4 is 27.2 Å². The molecule has 2 N–H and O–H groups in total. The van der Waals surface area contributed by atoms with Crippen LogP contribution in [0.25, 0.3) is 10.1 Å². The predicted molar refractivity (Wildman–Crippen MR) is 78.3 cm³/mol.